The maximum absolute atomic E-state index is 13.1. The lowest BCUT2D eigenvalue weighted by Crippen LogP contribution is -2.44. The first-order valence-electron chi connectivity index (χ1n) is 10.2. The number of carboxylic acids is 1. The Morgan fingerprint density at radius 1 is 1.11 bits per heavy atom. The fourth-order valence-corrected chi connectivity index (χ4v) is 6.63. The first-order chi connectivity index (χ1) is 13.4. The van der Waals surface area contributed by atoms with Crippen LogP contribution in [0.2, 0.25) is 0 Å². The van der Waals surface area contributed by atoms with Gasteiger partial charge >= 0.3 is 5.97 Å². The number of ether oxygens (including phenoxy) is 1. The van der Waals surface area contributed by atoms with E-state index in [9.17, 15) is 19.5 Å². The Hall–Kier alpha value is -1.89. The molecule has 0 aromatic carbocycles. The van der Waals surface area contributed by atoms with Crippen LogP contribution in [0.5, 0.6) is 0 Å². The summed E-state index contributed by atoms with van der Waals surface area (Å²) in [4.78, 5) is 38.6. The molecular weight excluding hydrogens is 378 g/mol. The predicted molar refractivity (Wildman–Crippen MR) is 103 cm³/mol. The molecule has 3 aliphatic carbocycles. The number of carbonyl (C=O) groups is 3. The second-order valence-electron chi connectivity index (χ2n) is 8.56. The molecule has 28 heavy (non-hydrogen) atoms. The Morgan fingerprint density at radius 3 is 2.46 bits per heavy atom. The topological polar surface area (TPSA) is 95.5 Å². The highest BCUT2D eigenvalue weighted by Gasteiger charge is 2.51. The highest BCUT2D eigenvalue weighted by Crippen LogP contribution is 2.52. The minimum atomic E-state index is -1.13. The average Bonchev–Trinajstić information content (AvgIpc) is 3.32. The van der Waals surface area contributed by atoms with Crippen molar-refractivity contribution in [3.8, 4) is 0 Å². The second kappa shape index (κ2) is 7.50. The largest absolute Gasteiger partial charge is 0.550 e. The lowest BCUT2D eigenvalue weighted by molar-refractivity contribution is -0.314. The van der Waals surface area contributed by atoms with E-state index in [1.165, 1.54) is 11.3 Å². The summed E-state index contributed by atoms with van der Waals surface area (Å²) in [6.45, 7) is 3.60. The molecule has 7 heteroatoms. The van der Waals surface area contributed by atoms with Crippen LogP contribution in [-0.2, 0) is 27.2 Å². The number of aryl methyl sites for hydroxylation is 1. The summed E-state index contributed by atoms with van der Waals surface area (Å²) in [6, 6.07) is 0. The molecule has 2 saturated carbocycles. The van der Waals surface area contributed by atoms with Gasteiger partial charge in [0.05, 0.1) is 11.7 Å². The zero-order valence-corrected chi connectivity index (χ0v) is 17.1. The molecule has 1 N–H and O–H groups in total. The number of esters is 1. The van der Waals surface area contributed by atoms with Crippen molar-refractivity contribution in [3.63, 3.8) is 0 Å². The molecule has 0 spiro atoms. The summed E-state index contributed by atoms with van der Waals surface area (Å²) < 4.78 is 5.43. The monoisotopic (exact) mass is 404 g/mol. The van der Waals surface area contributed by atoms with E-state index in [-0.39, 0.29) is 23.8 Å². The van der Waals surface area contributed by atoms with E-state index < -0.39 is 23.8 Å². The van der Waals surface area contributed by atoms with Gasteiger partial charge in [-0.2, -0.15) is 0 Å². The van der Waals surface area contributed by atoms with E-state index in [1.54, 1.807) is 13.8 Å². The van der Waals surface area contributed by atoms with E-state index in [2.05, 4.69) is 5.32 Å². The number of thiophene rings is 1. The standard InChI is InChI=1S/C21H27NO5S/c1-10(2)27-21(26)17-13-5-3-4-6-14(13)28-19(17)22-18(23)15-11-7-8-12(9-11)16(15)20(24)25/h10-12,15-16H,3-9H2,1-2H3,(H,22,23)(H,24,25)/p-1/t11-,12-,15+,16+/m1/s1. The van der Waals surface area contributed by atoms with Crippen LogP contribution in [0.25, 0.3) is 0 Å². The van der Waals surface area contributed by atoms with Crippen LogP contribution in [0.4, 0.5) is 5.00 Å². The van der Waals surface area contributed by atoms with Crippen molar-refractivity contribution >= 4 is 34.2 Å². The number of nitrogens with one attached hydrogen (secondary N) is 1. The Labute approximate surface area is 168 Å². The van der Waals surface area contributed by atoms with Gasteiger partial charge in [-0.3, -0.25) is 4.79 Å². The molecule has 4 atom stereocenters. The molecule has 1 aromatic rings. The van der Waals surface area contributed by atoms with E-state index in [1.807, 2.05) is 0 Å². The molecule has 0 aliphatic heterocycles. The molecule has 1 amide bonds. The number of aliphatic carboxylic acids is 1. The first-order valence-corrected chi connectivity index (χ1v) is 11.1. The fraction of sp³-hybridized carbons (Fsp3) is 0.667. The summed E-state index contributed by atoms with van der Waals surface area (Å²) in [5.41, 5.74) is 1.46. The van der Waals surface area contributed by atoms with Crippen LogP contribution in [0.1, 0.15) is 66.8 Å². The molecule has 1 aromatic heterocycles. The molecule has 152 valence electrons. The fourth-order valence-electron chi connectivity index (χ4n) is 5.35. The SMILES string of the molecule is CC(C)OC(=O)c1c(NC(=O)[C@H]2[C@@H]3CC[C@H](C3)[C@@H]2C(=O)[O-])sc2c1CCCC2. The number of carboxylic acid groups (broad SMARTS) is 1. The van der Waals surface area contributed by atoms with Crippen LogP contribution in [0, 0.1) is 23.7 Å². The molecule has 3 aliphatic rings. The molecule has 2 bridgehead atoms. The number of rotatable bonds is 5. The van der Waals surface area contributed by atoms with Crippen LogP contribution in [-0.4, -0.2) is 23.9 Å². The van der Waals surface area contributed by atoms with E-state index >= 15 is 0 Å². The molecule has 0 saturated heterocycles. The summed E-state index contributed by atoms with van der Waals surface area (Å²) in [6.07, 6.45) is 6.05. The molecule has 0 radical (unpaired) electrons. The van der Waals surface area contributed by atoms with Crippen molar-refractivity contribution in [2.45, 2.75) is 64.9 Å². The maximum atomic E-state index is 13.1. The number of carbonyl (C=O) groups excluding carboxylic acids is 3. The lowest BCUT2D eigenvalue weighted by Gasteiger charge is -2.30. The van der Waals surface area contributed by atoms with Crippen LogP contribution >= 0.6 is 11.3 Å². The third kappa shape index (κ3) is 3.34. The summed E-state index contributed by atoms with van der Waals surface area (Å²) in [5, 5.41) is 15.1. The zero-order chi connectivity index (χ0) is 20.0. The van der Waals surface area contributed by atoms with Gasteiger partial charge in [0.1, 0.15) is 5.00 Å². The van der Waals surface area contributed by atoms with E-state index in [0.29, 0.717) is 10.6 Å². The Kier molecular flexibility index (Phi) is 5.21. The van der Waals surface area contributed by atoms with Crippen LogP contribution < -0.4 is 10.4 Å². The molecule has 1 heterocycles. The van der Waals surface area contributed by atoms with Gasteiger partial charge in [0, 0.05) is 22.7 Å². The number of hydrogen-bond acceptors (Lipinski definition) is 6. The van der Waals surface area contributed by atoms with Crippen molar-refractivity contribution in [1.82, 2.24) is 0 Å². The summed E-state index contributed by atoms with van der Waals surface area (Å²) >= 11 is 1.44. The smallest absolute Gasteiger partial charge is 0.341 e. The van der Waals surface area contributed by atoms with Crippen molar-refractivity contribution in [2.24, 2.45) is 23.7 Å². The van der Waals surface area contributed by atoms with Gasteiger partial charge in [-0.05, 0) is 76.2 Å². The van der Waals surface area contributed by atoms with Gasteiger partial charge in [0.2, 0.25) is 5.91 Å². The third-order valence-electron chi connectivity index (χ3n) is 6.45. The van der Waals surface area contributed by atoms with E-state index in [4.69, 9.17) is 4.74 Å². The van der Waals surface area contributed by atoms with Gasteiger partial charge in [-0.1, -0.05) is 0 Å². The van der Waals surface area contributed by atoms with Crippen molar-refractivity contribution in [3.05, 3.63) is 16.0 Å². The van der Waals surface area contributed by atoms with Gasteiger partial charge in [0.15, 0.2) is 0 Å². The first kappa shape index (κ1) is 19.4. The molecular formula is C21H26NO5S-. The van der Waals surface area contributed by atoms with Gasteiger partial charge in [0.25, 0.3) is 0 Å². The Balaban J connectivity index is 1.62. The lowest BCUT2D eigenvalue weighted by atomic mass is 9.78. The second-order valence-corrected chi connectivity index (χ2v) is 9.67. The minimum absolute atomic E-state index is 0.0349. The normalized spacial score (nSPS) is 28.2. The number of fused-ring (bicyclic) bond motifs is 3. The van der Waals surface area contributed by atoms with Crippen LogP contribution in [0.3, 0.4) is 0 Å². The van der Waals surface area contributed by atoms with Crippen molar-refractivity contribution in [1.29, 1.82) is 0 Å². The molecule has 2 fully saturated rings. The van der Waals surface area contributed by atoms with Crippen molar-refractivity contribution < 1.29 is 24.2 Å². The van der Waals surface area contributed by atoms with Gasteiger partial charge in [-0.15, -0.1) is 11.3 Å². The van der Waals surface area contributed by atoms with E-state index in [0.717, 1.165) is 55.4 Å². The van der Waals surface area contributed by atoms with Gasteiger partial charge < -0.3 is 20.0 Å². The highest BCUT2D eigenvalue weighted by atomic mass is 32.1. The molecule has 4 rings (SSSR count). The molecule has 0 unspecified atom stereocenters. The van der Waals surface area contributed by atoms with Crippen LogP contribution in [0.15, 0.2) is 0 Å². The minimum Gasteiger partial charge on any atom is -0.550 e. The zero-order valence-electron chi connectivity index (χ0n) is 16.3. The average molecular weight is 405 g/mol. The quantitative estimate of drug-likeness (QED) is 0.761. The maximum Gasteiger partial charge on any atom is 0.341 e. The number of anilines is 1. The summed E-state index contributed by atoms with van der Waals surface area (Å²) in [5.74, 6) is -3.00. The number of amides is 1. The highest BCUT2D eigenvalue weighted by molar-refractivity contribution is 7.17. The summed E-state index contributed by atoms with van der Waals surface area (Å²) in [7, 11) is 0. The van der Waals surface area contributed by atoms with Gasteiger partial charge in [-0.25, -0.2) is 4.79 Å². The number of hydrogen-bond donors (Lipinski definition) is 1. The van der Waals surface area contributed by atoms with Crippen molar-refractivity contribution in [2.75, 3.05) is 5.32 Å². The molecule has 6 nitrogen and oxygen atoms in total. The Bertz CT molecular complexity index is 814. The Morgan fingerprint density at radius 2 is 1.79 bits per heavy atom. The third-order valence-corrected chi connectivity index (χ3v) is 7.65. The predicted octanol–water partition coefficient (Wildman–Crippen LogP) is 2.54.